The number of halogens is 2. The zero-order valence-corrected chi connectivity index (χ0v) is 16.3. The molecule has 5 nitrogen and oxygen atoms in total. The van der Waals surface area contributed by atoms with Gasteiger partial charge < -0.3 is 15.0 Å². The first kappa shape index (κ1) is 18.5. The van der Waals surface area contributed by atoms with Gasteiger partial charge in [-0.15, -0.1) is 0 Å². The van der Waals surface area contributed by atoms with Crippen LogP contribution in [0.4, 0.5) is 0 Å². The predicted octanol–water partition coefficient (Wildman–Crippen LogP) is 3.82. The molecule has 0 spiro atoms. The number of aromatic nitrogens is 1. The molecule has 2 aliphatic heterocycles. The molecular formula is C20H21Cl2N3O2. The van der Waals surface area contributed by atoms with E-state index in [1.807, 2.05) is 18.2 Å². The Hall–Kier alpha value is -1.82. The summed E-state index contributed by atoms with van der Waals surface area (Å²) in [6, 6.07) is 8.92. The fraction of sp³-hybridized carbons (Fsp3) is 0.400. The third-order valence-electron chi connectivity index (χ3n) is 5.17. The summed E-state index contributed by atoms with van der Waals surface area (Å²) in [7, 11) is 0. The monoisotopic (exact) mass is 405 g/mol. The number of hydrogen-bond acceptors (Lipinski definition) is 4. The highest BCUT2D eigenvalue weighted by Gasteiger charge is 2.32. The Kier molecular flexibility index (Phi) is 5.53. The van der Waals surface area contributed by atoms with E-state index in [4.69, 9.17) is 27.9 Å². The molecule has 7 heteroatoms. The van der Waals surface area contributed by atoms with Crippen LogP contribution in [0.3, 0.4) is 0 Å². The SMILES string of the molecule is O=C(NC1COc2ncccc21)C(CN1CCCC1)c1ccc(Cl)cc1Cl. The number of carbonyl (C=O) groups excluding carboxylic acids is 1. The normalized spacial score (nSPS) is 20.1. The molecule has 1 amide bonds. The molecule has 4 rings (SSSR count). The molecule has 2 unspecified atom stereocenters. The van der Waals surface area contributed by atoms with Crippen LogP contribution in [-0.2, 0) is 4.79 Å². The van der Waals surface area contributed by atoms with Gasteiger partial charge in [0.1, 0.15) is 6.61 Å². The number of likely N-dealkylation sites (tertiary alicyclic amines) is 1. The summed E-state index contributed by atoms with van der Waals surface area (Å²) in [5.74, 6) is 0.161. The molecule has 27 heavy (non-hydrogen) atoms. The summed E-state index contributed by atoms with van der Waals surface area (Å²) in [4.78, 5) is 19.8. The van der Waals surface area contributed by atoms with Crippen molar-refractivity contribution in [2.24, 2.45) is 0 Å². The average Bonchev–Trinajstić information content (AvgIpc) is 3.30. The maximum Gasteiger partial charge on any atom is 0.229 e. The van der Waals surface area contributed by atoms with Crippen LogP contribution in [0.5, 0.6) is 5.88 Å². The summed E-state index contributed by atoms with van der Waals surface area (Å²) >= 11 is 12.5. The fourth-order valence-corrected chi connectivity index (χ4v) is 4.30. The van der Waals surface area contributed by atoms with Crippen molar-refractivity contribution in [2.75, 3.05) is 26.2 Å². The first-order valence-electron chi connectivity index (χ1n) is 9.17. The minimum Gasteiger partial charge on any atom is -0.475 e. The molecule has 0 aliphatic carbocycles. The Morgan fingerprint density at radius 2 is 2.11 bits per heavy atom. The number of nitrogens with one attached hydrogen (secondary N) is 1. The highest BCUT2D eigenvalue weighted by molar-refractivity contribution is 6.35. The van der Waals surface area contributed by atoms with E-state index < -0.39 is 0 Å². The second-order valence-corrected chi connectivity index (χ2v) is 7.84. The maximum atomic E-state index is 13.2. The molecule has 2 atom stereocenters. The summed E-state index contributed by atoms with van der Waals surface area (Å²) in [6.07, 6.45) is 4.02. The highest BCUT2D eigenvalue weighted by Crippen LogP contribution is 2.33. The Balaban J connectivity index is 1.57. The van der Waals surface area contributed by atoms with Gasteiger partial charge in [-0.25, -0.2) is 4.98 Å². The van der Waals surface area contributed by atoms with Crippen LogP contribution in [0.15, 0.2) is 36.5 Å². The van der Waals surface area contributed by atoms with Crippen LogP contribution in [0.2, 0.25) is 10.0 Å². The van der Waals surface area contributed by atoms with Crippen molar-refractivity contribution < 1.29 is 9.53 Å². The molecule has 0 bridgehead atoms. The second-order valence-electron chi connectivity index (χ2n) is 7.00. The molecule has 1 fully saturated rings. The summed E-state index contributed by atoms with van der Waals surface area (Å²) in [6.45, 7) is 3.05. The first-order valence-corrected chi connectivity index (χ1v) is 9.93. The zero-order chi connectivity index (χ0) is 18.8. The van der Waals surface area contributed by atoms with Crippen LogP contribution < -0.4 is 10.1 Å². The van der Waals surface area contributed by atoms with Gasteiger partial charge in [0.2, 0.25) is 11.8 Å². The number of hydrogen-bond donors (Lipinski definition) is 1. The van der Waals surface area contributed by atoms with Gasteiger partial charge in [-0.3, -0.25) is 4.79 Å². The lowest BCUT2D eigenvalue weighted by Gasteiger charge is -2.25. The lowest BCUT2D eigenvalue weighted by molar-refractivity contribution is -0.123. The zero-order valence-electron chi connectivity index (χ0n) is 14.8. The number of nitrogens with zero attached hydrogens (tertiary/aromatic N) is 2. The van der Waals surface area contributed by atoms with Crippen LogP contribution in [0, 0.1) is 0 Å². The Labute approximate surface area is 168 Å². The van der Waals surface area contributed by atoms with Crippen LogP contribution in [0.25, 0.3) is 0 Å². The van der Waals surface area contributed by atoms with Gasteiger partial charge >= 0.3 is 0 Å². The van der Waals surface area contributed by atoms with Gasteiger partial charge in [-0.1, -0.05) is 29.3 Å². The van der Waals surface area contributed by atoms with E-state index in [9.17, 15) is 4.79 Å². The largest absolute Gasteiger partial charge is 0.475 e. The first-order chi connectivity index (χ1) is 13.1. The van der Waals surface area contributed by atoms with E-state index in [-0.39, 0.29) is 17.9 Å². The van der Waals surface area contributed by atoms with Crippen molar-refractivity contribution in [3.05, 3.63) is 57.7 Å². The summed E-state index contributed by atoms with van der Waals surface area (Å²) < 4.78 is 5.59. The molecule has 2 aromatic rings. The van der Waals surface area contributed by atoms with Crippen LogP contribution >= 0.6 is 23.2 Å². The van der Waals surface area contributed by atoms with E-state index >= 15 is 0 Å². The second kappa shape index (κ2) is 8.05. The van der Waals surface area contributed by atoms with Gasteiger partial charge in [-0.2, -0.15) is 0 Å². The van der Waals surface area contributed by atoms with Gasteiger partial charge in [0.05, 0.1) is 12.0 Å². The molecule has 0 saturated carbocycles. The number of amides is 1. The highest BCUT2D eigenvalue weighted by atomic mass is 35.5. The molecule has 142 valence electrons. The van der Waals surface area contributed by atoms with Crippen molar-refractivity contribution >= 4 is 29.1 Å². The quantitative estimate of drug-likeness (QED) is 0.821. The fourth-order valence-electron chi connectivity index (χ4n) is 3.76. The molecule has 1 N–H and O–H groups in total. The number of rotatable bonds is 5. The number of benzene rings is 1. The topological polar surface area (TPSA) is 54.5 Å². The maximum absolute atomic E-state index is 13.2. The Bertz CT molecular complexity index is 840. The van der Waals surface area contributed by atoms with Gasteiger partial charge in [0.25, 0.3) is 0 Å². The smallest absolute Gasteiger partial charge is 0.229 e. The number of ether oxygens (including phenoxy) is 1. The van der Waals surface area contributed by atoms with E-state index in [0.717, 1.165) is 37.1 Å². The number of pyridine rings is 1. The number of fused-ring (bicyclic) bond motifs is 1. The van der Waals surface area contributed by atoms with Crippen LogP contribution in [-0.4, -0.2) is 42.0 Å². The van der Waals surface area contributed by atoms with Crippen molar-refractivity contribution in [2.45, 2.75) is 24.8 Å². The molecule has 1 aromatic heterocycles. The van der Waals surface area contributed by atoms with Crippen molar-refractivity contribution in [3.63, 3.8) is 0 Å². The average molecular weight is 406 g/mol. The molecule has 3 heterocycles. The third kappa shape index (κ3) is 4.05. The van der Waals surface area contributed by atoms with Gasteiger partial charge in [0, 0.05) is 28.4 Å². The molecular weight excluding hydrogens is 385 g/mol. The third-order valence-corrected chi connectivity index (χ3v) is 5.74. The minimum absolute atomic E-state index is 0.0589. The lowest BCUT2D eigenvalue weighted by atomic mass is 9.96. The molecule has 0 radical (unpaired) electrons. The summed E-state index contributed by atoms with van der Waals surface area (Å²) in [5, 5.41) is 4.21. The van der Waals surface area contributed by atoms with Crippen molar-refractivity contribution in [1.29, 1.82) is 0 Å². The van der Waals surface area contributed by atoms with E-state index in [1.165, 1.54) is 0 Å². The molecule has 1 aromatic carbocycles. The van der Waals surface area contributed by atoms with Crippen LogP contribution in [0.1, 0.15) is 35.9 Å². The van der Waals surface area contributed by atoms with Crippen molar-refractivity contribution in [1.82, 2.24) is 15.2 Å². The minimum atomic E-state index is -0.367. The Morgan fingerprint density at radius 1 is 1.30 bits per heavy atom. The van der Waals surface area contributed by atoms with Gasteiger partial charge in [0.15, 0.2) is 0 Å². The number of carbonyl (C=O) groups is 1. The van der Waals surface area contributed by atoms with E-state index in [1.54, 1.807) is 18.3 Å². The molecule has 1 saturated heterocycles. The van der Waals surface area contributed by atoms with E-state index in [0.29, 0.717) is 29.1 Å². The van der Waals surface area contributed by atoms with Crippen molar-refractivity contribution in [3.8, 4) is 5.88 Å². The summed E-state index contributed by atoms with van der Waals surface area (Å²) in [5.41, 5.74) is 1.71. The van der Waals surface area contributed by atoms with E-state index in [2.05, 4.69) is 15.2 Å². The molecule has 2 aliphatic rings. The lowest BCUT2D eigenvalue weighted by Crippen LogP contribution is -2.39. The van der Waals surface area contributed by atoms with Gasteiger partial charge in [-0.05, 0) is 55.8 Å². The standard InChI is InChI=1S/C20H21Cl2N3O2/c21-13-5-6-14(17(22)10-13)16(11-25-8-1-2-9-25)19(26)24-18-12-27-20-15(18)4-3-7-23-20/h3-7,10,16,18H,1-2,8-9,11-12H2,(H,24,26). The Morgan fingerprint density at radius 3 is 2.89 bits per heavy atom. The predicted molar refractivity (Wildman–Crippen MR) is 105 cm³/mol.